The Morgan fingerprint density at radius 2 is 1.46 bits per heavy atom. The summed E-state index contributed by atoms with van der Waals surface area (Å²) in [6.07, 6.45) is 2.40. The number of methoxy groups -OCH3 is 1. The Labute approximate surface area is 181 Å². The highest BCUT2D eigenvalue weighted by molar-refractivity contribution is 7.81. The van der Waals surface area contributed by atoms with Crippen LogP contribution in [0.4, 0.5) is 0 Å². The van der Waals surface area contributed by atoms with E-state index in [1.165, 1.54) is 0 Å². The van der Waals surface area contributed by atoms with Crippen LogP contribution in [0.1, 0.15) is 95.4 Å². The van der Waals surface area contributed by atoms with E-state index in [0.29, 0.717) is 13.2 Å². The maximum Gasteiger partial charge on any atom is 0.225 e. The van der Waals surface area contributed by atoms with Crippen molar-refractivity contribution in [2.24, 2.45) is 10.8 Å². The summed E-state index contributed by atoms with van der Waals surface area (Å²) in [6.45, 7) is 23.9. The zero-order valence-corrected chi connectivity index (χ0v) is 21.7. The maximum absolute atomic E-state index is 12.6. The molecule has 0 fully saturated rings. The Morgan fingerprint density at radius 1 is 0.964 bits per heavy atom. The Morgan fingerprint density at radius 3 is 1.89 bits per heavy atom. The number of hydrogen-bond donors (Lipinski definition) is 2. The number of thiol groups is 1. The maximum atomic E-state index is 12.6. The molecule has 0 aliphatic heterocycles. The second-order valence-corrected chi connectivity index (χ2v) is 10.8. The van der Waals surface area contributed by atoms with Gasteiger partial charge in [0.2, 0.25) is 5.91 Å². The van der Waals surface area contributed by atoms with E-state index >= 15 is 0 Å². The molecule has 170 valence electrons. The predicted molar refractivity (Wildman–Crippen MR) is 125 cm³/mol. The molecule has 0 aliphatic rings. The summed E-state index contributed by atoms with van der Waals surface area (Å²) in [5.41, 5.74) is -0.875. The van der Waals surface area contributed by atoms with Gasteiger partial charge in [0.25, 0.3) is 0 Å². The lowest BCUT2D eigenvalue weighted by molar-refractivity contribution is -0.131. The van der Waals surface area contributed by atoms with Gasteiger partial charge in [0.1, 0.15) is 0 Å². The van der Waals surface area contributed by atoms with Crippen molar-refractivity contribution in [1.82, 2.24) is 5.32 Å². The molecular formula is C23H49NO3S. The highest BCUT2D eigenvalue weighted by Crippen LogP contribution is 2.38. The average Bonchev–Trinajstić information content (AvgIpc) is 2.55. The van der Waals surface area contributed by atoms with Gasteiger partial charge in [-0.3, -0.25) is 4.79 Å². The van der Waals surface area contributed by atoms with Crippen molar-refractivity contribution in [3.05, 3.63) is 0 Å². The van der Waals surface area contributed by atoms with Crippen molar-refractivity contribution in [2.75, 3.05) is 20.3 Å². The summed E-state index contributed by atoms with van der Waals surface area (Å²) in [4.78, 5) is 12.6. The summed E-state index contributed by atoms with van der Waals surface area (Å²) in [5.74, 6) is 0.0934. The van der Waals surface area contributed by atoms with E-state index in [1.54, 1.807) is 7.11 Å². The van der Waals surface area contributed by atoms with E-state index in [4.69, 9.17) is 9.47 Å². The molecule has 0 rings (SSSR count). The van der Waals surface area contributed by atoms with Crippen molar-refractivity contribution < 1.29 is 14.3 Å². The molecule has 0 aromatic rings. The Bertz CT molecular complexity index is 443. The van der Waals surface area contributed by atoms with Crippen LogP contribution in [0.2, 0.25) is 0 Å². The lowest BCUT2D eigenvalue weighted by atomic mass is 9.73. The number of ether oxygens (including phenoxy) is 2. The molecule has 1 unspecified atom stereocenters. The van der Waals surface area contributed by atoms with Crippen LogP contribution in [0.3, 0.4) is 0 Å². The van der Waals surface area contributed by atoms with Crippen LogP contribution < -0.4 is 5.32 Å². The molecule has 1 N–H and O–H groups in total. The number of amides is 1. The summed E-state index contributed by atoms with van der Waals surface area (Å²) in [5, 5.41) is 3.32. The first-order valence-electron chi connectivity index (χ1n) is 10.7. The SMILES string of the molecule is CC.COC(C)(C)CCOC(C)(C)CCNC(=O)C(C)(C)CC(C)(C)C(C)S. The van der Waals surface area contributed by atoms with E-state index in [9.17, 15) is 4.79 Å². The second kappa shape index (κ2) is 12.4. The molecular weight excluding hydrogens is 370 g/mol. The largest absolute Gasteiger partial charge is 0.379 e. The standard InChI is InChI=1S/C21H43NO3S.C2H6/c1-16(26)18(2,3)15-19(4,5)17(23)22-13-11-21(8,9)25-14-12-20(6,7)24-10;1-2/h16,26H,11-15H2,1-10H3,(H,22,23);1-2H3. The monoisotopic (exact) mass is 419 g/mol. The fraction of sp³-hybridized carbons (Fsp3) is 0.957. The van der Waals surface area contributed by atoms with Crippen LogP contribution in [0.5, 0.6) is 0 Å². The fourth-order valence-electron chi connectivity index (χ4n) is 2.83. The van der Waals surface area contributed by atoms with Gasteiger partial charge in [0.05, 0.1) is 17.8 Å². The van der Waals surface area contributed by atoms with Crippen LogP contribution in [-0.2, 0) is 14.3 Å². The minimum atomic E-state index is -0.423. The van der Waals surface area contributed by atoms with Gasteiger partial charge in [-0.2, -0.15) is 12.6 Å². The molecule has 0 spiro atoms. The highest BCUT2D eigenvalue weighted by Gasteiger charge is 2.36. The molecule has 0 saturated carbocycles. The van der Waals surface area contributed by atoms with Crippen LogP contribution in [0.15, 0.2) is 0 Å². The summed E-state index contributed by atoms with van der Waals surface area (Å²) in [6, 6.07) is 0. The third kappa shape index (κ3) is 12.3. The topological polar surface area (TPSA) is 47.6 Å². The second-order valence-electron chi connectivity index (χ2n) is 10.1. The summed E-state index contributed by atoms with van der Waals surface area (Å²) >= 11 is 4.57. The van der Waals surface area contributed by atoms with Crippen molar-refractivity contribution >= 4 is 18.5 Å². The molecule has 0 aliphatic carbocycles. The van der Waals surface area contributed by atoms with E-state index in [0.717, 1.165) is 19.3 Å². The van der Waals surface area contributed by atoms with Gasteiger partial charge in [-0.25, -0.2) is 0 Å². The third-order valence-corrected chi connectivity index (χ3v) is 6.10. The first-order valence-corrected chi connectivity index (χ1v) is 11.2. The van der Waals surface area contributed by atoms with Gasteiger partial charge in [0, 0.05) is 24.3 Å². The highest BCUT2D eigenvalue weighted by atomic mass is 32.1. The zero-order chi connectivity index (χ0) is 22.8. The molecule has 0 saturated heterocycles. The van der Waals surface area contributed by atoms with E-state index < -0.39 is 5.41 Å². The van der Waals surface area contributed by atoms with Gasteiger partial charge in [0.15, 0.2) is 0 Å². The van der Waals surface area contributed by atoms with Crippen LogP contribution >= 0.6 is 12.6 Å². The fourth-order valence-corrected chi connectivity index (χ4v) is 2.92. The molecule has 1 atom stereocenters. The van der Waals surface area contributed by atoms with Crippen LogP contribution in [0.25, 0.3) is 0 Å². The van der Waals surface area contributed by atoms with Gasteiger partial charge < -0.3 is 14.8 Å². The Balaban J connectivity index is 0. The lowest BCUT2D eigenvalue weighted by Gasteiger charge is -2.36. The van der Waals surface area contributed by atoms with Crippen molar-refractivity contribution in [2.45, 2.75) is 112 Å². The molecule has 1 amide bonds. The molecule has 0 radical (unpaired) electrons. The molecule has 0 aromatic heterocycles. The summed E-state index contributed by atoms with van der Waals surface area (Å²) < 4.78 is 11.4. The van der Waals surface area contributed by atoms with Crippen LogP contribution in [-0.4, -0.2) is 42.6 Å². The number of carbonyl (C=O) groups is 1. The predicted octanol–water partition coefficient (Wildman–Crippen LogP) is 5.89. The number of nitrogens with one attached hydrogen (secondary N) is 1. The molecule has 5 heteroatoms. The van der Waals surface area contributed by atoms with E-state index in [2.05, 4.69) is 66.4 Å². The smallest absolute Gasteiger partial charge is 0.225 e. The lowest BCUT2D eigenvalue weighted by Crippen LogP contribution is -2.43. The molecule has 28 heavy (non-hydrogen) atoms. The molecule has 4 nitrogen and oxygen atoms in total. The first-order chi connectivity index (χ1) is 12.5. The van der Waals surface area contributed by atoms with Gasteiger partial charge in [-0.05, 0) is 52.4 Å². The average molecular weight is 420 g/mol. The Hall–Kier alpha value is -0.260. The minimum absolute atomic E-state index is 0.000481. The number of hydrogen-bond acceptors (Lipinski definition) is 4. The molecule has 0 bridgehead atoms. The van der Waals surface area contributed by atoms with Gasteiger partial charge in [-0.15, -0.1) is 0 Å². The van der Waals surface area contributed by atoms with Crippen molar-refractivity contribution in [3.8, 4) is 0 Å². The van der Waals surface area contributed by atoms with Crippen LogP contribution in [0, 0.1) is 10.8 Å². The van der Waals surface area contributed by atoms with E-state index in [-0.39, 0.29) is 27.8 Å². The number of rotatable bonds is 12. The quantitative estimate of drug-likeness (QED) is 0.388. The normalized spacial score (nSPS) is 14.2. The summed E-state index contributed by atoms with van der Waals surface area (Å²) in [7, 11) is 1.72. The Kier molecular flexibility index (Phi) is 13.3. The zero-order valence-electron chi connectivity index (χ0n) is 20.8. The van der Waals surface area contributed by atoms with Gasteiger partial charge >= 0.3 is 0 Å². The first kappa shape index (κ1) is 29.9. The van der Waals surface area contributed by atoms with Gasteiger partial charge in [-0.1, -0.05) is 48.5 Å². The third-order valence-electron chi connectivity index (χ3n) is 5.41. The van der Waals surface area contributed by atoms with Crippen molar-refractivity contribution in [3.63, 3.8) is 0 Å². The minimum Gasteiger partial charge on any atom is -0.379 e. The molecule has 0 heterocycles. The molecule has 0 aromatic carbocycles. The van der Waals surface area contributed by atoms with Crippen molar-refractivity contribution in [1.29, 1.82) is 0 Å². The number of carbonyl (C=O) groups excluding carboxylic acids is 1. The van der Waals surface area contributed by atoms with E-state index in [1.807, 2.05) is 27.7 Å².